The molecule has 0 unspecified atom stereocenters. The fraction of sp³-hybridized carbons (Fsp3) is 0.400. The van der Waals surface area contributed by atoms with E-state index < -0.39 is 14.5 Å². The Hall–Kier alpha value is 0.127. The van der Waals surface area contributed by atoms with Gasteiger partial charge in [-0.1, -0.05) is 87.4 Å². The largest absolute Gasteiger partial charge is 3.00 e. The first kappa shape index (κ1) is 51.7. The first-order valence-corrected chi connectivity index (χ1v) is 9.28. The maximum atomic E-state index is 9.75. The molecule has 0 amide bonds. The number of aryl methyl sites for hydroxylation is 2. The fourth-order valence-corrected chi connectivity index (χ4v) is 1.90. The average molecular weight is 751 g/mol. The van der Waals surface area contributed by atoms with Crippen molar-refractivity contribution in [3.05, 3.63) is 70.8 Å². The third kappa shape index (κ3) is 44.5. The minimum absolute atomic E-state index is 0. The Bertz CT molecular complexity index is 628. The van der Waals surface area contributed by atoms with Crippen LogP contribution in [0.15, 0.2) is 48.5 Å². The number of benzene rings is 2. The molecule has 2 rings (SSSR count). The third-order valence-electron chi connectivity index (χ3n) is 3.49. The minimum Gasteiger partial charge on any atom is -1.00 e. The quantitative estimate of drug-likeness (QED) is 0.296. The van der Waals surface area contributed by atoms with Gasteiger partial charge in [0, 0.05) is 0 Å². The Morgan fingerprint density at radius 2 is 0.629 bits per heavy atom. The van der Waals surface area contributed by atoms with Gasteiger partial charge in [0.2, 0.25) is 0 Å². The standard InChI is InChI=1S/2C10H14.2BF4.3ClH.2Ru/c2*1-8(2)10-6-4-9(3)5-7-10;2*2-1(3,4)5;;;;;/h2*4-8H,1-3H3;;;3*1H;;/q;;2*-1;;;;+2;+3/p-3. The number of halogens is 11. The van der Waals surface area contributed by atoms with Crippen LogP contribution >= 0.6 is 0 Å². The van der Waals surface area contributed by atoms with Crippen molar-refractivity contribution < 1.29 is 111 Å². The van der Waals surface area contributed by atoms with Crippen LogP contribution in [-0.4, -0.2) is 14.5 Å². The van der Waals surface area contributed by atoms with E-state index in [-0.39, 0.29) is 76.2 Å². The summed E-state index contributed by atoms with van der Waals surface area (Å²) < 4.78 is 78.0. The van der Waals surface area contributed by atoms with E-state index in [1.807, 2.05) is 0 Å². The van der Waals surface area contributed by atoms with E-state index in [4.69, 9.17) is 0 Å². The first-order valence-electron chi connectivity index (χ1n) is 9.28. The molecule has 2 aromatic carbocycles. The minimum atomic E-state index is -6.00. The van der Waals surface area contributed by atoms with Crippen molar-refractivity contribution >= 4 is 14.5 Å². The Balaban J connectivity index is -0.0000000597. The summed E-state index contributed by atoms with van der Waals surface area (Å²) in [6, 6.07) is 17.4. The van der Waals surface area contributed by atoms with Crippen molar-refractivity contribution in [3.63, 3.8) is 0 Å². The zero-order valence-corrected chi connectivity index (χ0v) is 25.5. The Labute approximate surface area is 248 Å². The van der Waals surface area contributed by atoms with E-state index in [1.165, 1.54) is 22.3 Å². The summed E-state index contributed by atoms with van der Waals surface area (Å²) in [6.07, 6.45) is 0. The van der Waals surface area contributed by atoms with Gasteiger partial charge >= 0.3 is 53.5 Å². The van der Waals surface area contributed by atoms with Crippen LogP contribution in [0.2, 0.25) is 0 Å². The monoisotopic (exact) mass is 751 g/mol. The molecule has 207 valence electrons. The van der Waals surface area contributed by atoms with Gasteiger partial charge in [-0.15, -0.1) is 0 Å². The van der Waals surface area contributed by atoms with E-state index in [1.54, 1.807) is 0 Å². The van der Waals surface area contributed by atoms with Crippen molar-refractivity contribution in [2.45, 2.75) is 53.4 Å². The maximum Gasteiger partial charge on any atom is 3.00 e. The summed E-state index contributed by atoms with van der Waals surface area (Å²) in [5, 5.41) is 0. The smallest absolute Gasteiger partial charge is 1.00 e. The Morgan fingerprint density at radius 3 is 0.743 bits per heavy atom. The molecular formula is C20H28B2Cl3F8Ru2. The van der Waals surface area contributed by atoms with Crippen LogP contribution in [0.3, 0.4) is 0 Å². The molecule has 0 saturated carbocycles. The van der Waals surface area contributed by atoms with Crippen molar-refractivity contribution in [1.82, 2.24) is 0 Å². The molecule has 0 fully saturated rings. The van der Waals surface area contributed by atoms with E-state index in [9.17, 15) is 34.5 Å². The van der Waals surface area contributed by atoms with Crippen molar-refractivity contribution in [1.29, 1.82) is 0 Å². The van der Waals surface area contributed by atoms with Crippen LogP contribution in [0.1, 0.15) is 61.8 Å². The summed E-state index contributed by atoms with van der Waals surface area (Å²) in [7, 11) is -12.0. The van der Waals surface area contributed by atoms with Gasteiger partial charge < -0.3 is 71.7 Å². The Morgan fingerprint density at radius 1 is 0.486 bits per heavy atom. The van der Waals surface area contributed by atoms with Gasteiger partial charge in [-0.3, -0.25) is 0 Å². The molecule has 0 aliphatic rings. The molecule has 35 heavy (non-hydrogen) atoms. The van der Waals surface area contributed by atoms with Crippen molar-refractivity contribution in [2.75, 3.05) is 0 Å². The molecule has 2 aromatic rings. The predicted molar refractivity (Wildman–Crippen MR) is 111 cm³/mol. The second kappa shape index (κ2) is 25.8. The summed E-state index contributed by atoms with van der Waals surface area (Å²) in [5.41, 5.74) is 5.52. The maximum absolute atomic E-state index is 9.75. The summed E-state index contributed by atoms with van der Waals surface area (Å²) >= 11 is 0. The Kier molecular flexibility index (Phi) is 38.1. The van der Waals surface area contributed by atoms with Crippen molar-refractivity contribution in [2.24, 2.45) is 0 Å². The number of hydrogen-bond acceptors (Lipinski definition) is 0. The van der Waals surface area contributed by atoms with Crippen LogP contribution in [0.4, 0.5) is 34.5 Å². The number of rotatable bonds is 2. The molecule has 1 radical (unpaired) electrons. The molecule has 0 heterocycles. The molecule has 0 spiro atoms. The molecule has 0 N–H and O–H groups in total. The average Bonchev–Trinajstić information content (AvgIpc) is 2.53. The summed E-state index contributed by atoms with van der Waals surface area (Å²) in [4.78, 5) is 0. The van der Waals surface area contributed by atoms with Gasteiger partial charge in [0.25, 0.3) is 0 Å². The van der Waals surface area contributed by atoms with Crippen LogP contribution in [0.5, 0.6) is 0 Å². The first-order chi connectivity index (χ1) is 13.4. The zero-order valence-electron chi connectivity index (χ0n) is 19.8. The van der Waals surface area contributed by atoms with E-state index in [0.717, 1.165) is 0 Å². The molecule has 0 saturated heterocycles. The van der Waals surface area contributed by atoms with Gasteiger partial charge in [-0.25, -0.2) is 0 Å². The molecule has 0 aliphatic heterocycles. The van der Waals surface area contributed by atoms with Crippen LogP contribution < -0.4 is 37.2 Å². The van der Waals surface area contributed by atoms with E-state index in [2.05, 4.69) is 90.1 Å². The topological polar surface area (TPSA) is 0 Å². The van der Waals surface area contributed by atoms with Crippen molar-refractivity contribution in [3.8, 4) is 0 Å². The van der Waals surface area contributed by atoms with Crippen LogP contribution in [0.25, 0.3) is 0 Å². The second-order valence-corrected chi connectivity index (χ2v) is 7.12. The summed E-state index contributed by atoms with van der Waals surface area (Å²) in [6.45, 7) is 13.1. The molecule has 15 heteroatoms. The third-order valence-corrected chi connectivity index (χ3v) is 3.49. The molecular weight excluding hydrogens is 722 g/mol. The molecule has 0 aromatic heterocycles. The normalized spacial score (nSPS) is 9.37. The van der Waals surface area contributed by atoms with Crippen LogP contribution in [-0.2, 0) is 39.0 Å². The SMILES string of the molecule is Cc1ccc(C(C)C)cc1.Cc1ccc(C(C)C)cc1.F[B-](F)(F)F.F[B-](F)(F)F.[Cl-].[Cl-].[Cl-].[Ru+2].[Ru+3]. The van der Waals surface area contributed by atoms with Crippen LogP contribution in [0, 0.1) is 13.8 Å². The zero-order chi connectivity index (χ0) is 24.1. The van der Waals surface area contributed by atoms with Gasteiger partial charge in [-0.2, -0.15) is 0 Å². The van der Waals surface area contributed by atoms with Gasteiger partial charge in [0.1, 0.15) is 0 Å². The molecule has 0 bridgehead atoms. The fourth-order valence-electron chi connectivity index (χ4n) is 1.90. The molecule has 0 aliphatic carbocycles. The van der Waals surface area contributed by atoms with E-state index in [0.29, 0.717) is 11.8 Å². The summed E-state index contributed by atoms with van der Waals surface area (Å²) in [5.74, 6) is 1.31. The molecule has 0 atom stereocenters. The number of hydrogen-bond donors (Lipinski definition) is 0. The predicted octanol–water partition coefficient (Wildman–Crippen LogP) is -0.156. The van der Waals surface area contributed by atoms with Gasteiger partial charge in [0.05, 0.1) is 0 Å². The van der Waals surface area contributed by atoms with Gasteiger partial charge in [0.15, 0.2) is 0 Å². The molecule has 0 nitrogen and oxygen atoms in total. The van der Waals surface area contributed by atoms with Gasteiger partial charge in [-0.05, 0) is 36.8 Å². The second-order valence-electron chi connectivity index (χ2n) is 7.12. The van der Waals surface area contributed by atoms with E-state index >= 15 is 0 Å².